The summed E-state index contributed by atoms with van der Waals surface area (Å²) in [6.45, 7) is 8.40. The highest BCUT2D eigenvalue weighted by Gasteiger charge is 2.09. The van der Waals surface area contributed by atoms with Gasteiger partial charge in [0, 0.05) is 11.6 Å². The molecule has 0 heterocycles. The number of hydrogen-bond acceptors (Lipinski definition) is 2. The van der Waals surface area contributed by atoms with Crippen LogP contribution in [0.2, 0.25) is 5.02 Å². The molecular formula is C14H19ClN2. The second-order valence-corrected chi connectivity index (χ2v) is 5.81. The van der Waals surface area contributed by atoms with Gasteiger partial charge in [-0.05, 0) is 36.1 Å². The van der Waals surface area contributed by atoms with E-state index >= 15 is 0 Å². The van der Waals surface area contributed by atoms with E-state index in [1.54, 1.807) is 12.1 Å². The summed E-state index contributed by atoms with van der Waals surface area (Å²) in [5, 5.41) is 12.8. The fraction of sp³-hybridized carbons (Fsp3) is 0.500. The maximum absolute atomic E-state index is 8.73. The molecule has 0 spiro atoms. The number of nitrogens with one attached hydrogen (secondary N) is 1. The van der Waals surface area contributed by atoms with Gasteiger partial charge in [-0.2, -0.15) is 5.26 Å². The number of hydrogen-bond donors (Lipinski definition) is 1. The van der Waals surface area contributed by atoms with Crippen LogP contribution in [0.4, 0.5) is 0 Å². The molecule has 0 saturated heterocycles. The topological polar surface area (TPSA) is 35.8 Å². The Kier molecular flexibility index (Phi) is 4.99. The standard InChI is InChI=1S/C14H19ClN2/c1-14(2,3)6-7-17-10-12-5-4-11(9-16)8-13(12)15/h4-5,8,17H,6-7,10H2,1-3H3. The second-order valence-electron chi connectivity index (χ2n) is 5.41. The molecule has 0 unspecified atom stereocenters. The van der Waals surface area contributed by atoms with Crippen molar-refractivity contribution in [2.75, 3.05) is 6.54 Å². The van der Waals surface area contributed by atoms with E-state index in [4.69, 9.17) is 16.9 Å². The molecule has 1 aromatic rings. The van der Waals surface area contributed by atoms with Crippen molar-refractivity contribution in [1.82, 2.24) is 5.32 Å². The molecule has 1 N–H and O–H groups in total. The average Bonchev–Trinajstić information content (AvgIpc) is 2.24. The van der Waals surface area contributed by atoms with Gasteiger partial charge >= 0.3 is 0 Å². The van der Waals surface area contributed by atoms with Gasteiger partial charge in [-0.3, -0.25) is 0 Å². The van der Waals surface area contributed by atoms with Gasteiger partial charge < -0.3 is 5.32 Å². The zero-order valence-electron chi connectivity index (χ0n) is 10.7. The van der Waals surface area contributed by atoms with Gasteiger partial charge in [-0.1, -0.05) is 38.4 Å². The minimum atomic E-state index is 0.349. The van der Waals surface area contributed by atoms with Gasteiger partial charge in [-0.25, -0.2) is 0 Å². The van der Waals surface area contributed by atoms with Crippen LogP contribution in [0.3, 0.4) is 0 Å². The minimum Gasteiger partial charge on any atom is -0.313 e. The zero-order chi connectivity index (χ0) is 12.9. The third kappa shape index (κ3) is 5.21. The van der Waals surface area contributed by atoms with E-state index < -0.39 is 0 Å². The molecule has 1 rings (SSSR count). The Morgan fingerprint density at radius 3 is 2.59 bits per heavy atom. The summed E-state index contributed by atoms with van der Waals surface area (Å²) in [6.07, 6.45) is 1.13. The first-order chi connectivity index (χ1) is 7.92. The summed E-state index contributed by atoms with van der Waals surface area (Å²) in [4.78, 5) is 0. The van der Waals surface area contributed by atoms with Crippen LogP contribution in [0, 0.1) is 16.7 Å². The summed E-state index contributed by atoms with van der Waals surface area (Å²) < 4.78 is 0. The van der Waals surface area contributed by atoms with E-state index in [1.165, 1.54) is 0 Å². The molecule has 2 nitrogen and oxygen atoms in total. The smallest absolute Gasteiger partial charge is 0.0992 e. The lowest BCUT2D eigenvalue weighted by atomic mass is 9.92. The van der Waals surface area contributed by atoms with Crippen molar-refractivity contribution < 1.29 is 0 Å². The van der Waals surface area contributed by atoms with Gasteiger partial charge in [-0.15, -0.1) is 0 Å². The first kappa shape index (κ1) is 14.0. The Hall–Kier alpha value is -1.04. The van der Waals surface area contributed by atoms with Crippen LogP contribution in [0.1, 0.15) is 38.3 Å². The molecule has 0 atom stereocenters. The summed E-state index contributed by atoms with van der Waals surface area (Å²) in [5.74, 6) is 0. The number of benzene rings is 1. The quantitative estimate of drug-likeness (QED) is 0.827. The summed E-state index contributed by atoms with van der Waals surface area (Å²) >= 11 is 6.09. The zero-order valence-corrected chi connectivity index (χ0v) is 11.4. The normalized spacial score (nSPS) is 11.2. The molecule has 0 aliphatic rings. The van der Waals surface area contributed by atoms with E-state index in [-0.39, 0.29) is 0 Å². The van der Waals surface area contributed by atoms with Crippen LogP contribution in [-0.4, -0.2) is 6.54 Å². The van der Waals surface area contributed by atoms with E-state index in [1.807, 2.05) is 6.07 Å². The molecule has 0 fully saturated rings. The lowest BCUT2D eigenvalue weighted by molar-refractivity contribution is 0.366. The van der Waals surface area contributed by atoms with Crippen molar-refractivity contribution in [2.24, 2.45) is 5.41 Å². The van der Waals surface area contributed by atoms with Crippen LogP contribution >= 0.6 is 11.6 Å². The Morgan fingerprint density at radius 1 is 1.35 bits per heavy atom. The molecule has 0 bridgehead atoms. The first-order valence-corrected chi connectivity index (χ1v) is 6.19. The highest BCUT2D eigenvalue weighted by Crippen LogP contribution is 2.19. The lowest BCUT2D eigenvalue weighted by Gasteiger charge is -2.18. The van der Waals surface area contributed by atoms with Crippen LogP contribution in [0.25, 0.3) is 0 Å². The predicted octanol–water partition coefficient (Wildman–Crippen LogP) is 3.74. The largest absolute Gasteiger partial charge is 0.313 e. The summed E-state index contributed by atoms with van der Waals surface area (Å²) in [5.41, 5.74) is 1.99. The number of nitrogens with zero attached hydrogens (tertiary/aromatic N) is 1. The third-order valence-electron chi connectivity index (χ3n) is 2.55. The molecule has 0 amide bonds. The second kappa shape index (κ2) is 6.05. The monoisotopic (exact) mass is 250 g/mol. The molecule has 17 heavy (non-hydrogen) atoms. The highest BCUT2D eigenvalue weighted by molar-refractivity contribution is 6.31. The summed E-state index contributed by atoms with van der Waals surface area (Å²) in [7, 11) is 0. The van der Waals surface area contributed by atoms with E-state index in [9.17, 15) is 0 Å². The Balaban J connectivity index is 2.45. The van der Waals surface area contributed by atoms with Crippen molar-refractivity contribution >= 4 is 11.6 Å². The van der Waals surface area contributed by atoms with Gasteiger partial charge in [0.15, 0.2) is 0 Å². The number of nitriles is 1. The first-order valence-electron chi connectivity index (χ1n) is 5.81. The number of halogens is 1. The van der Waals surface area contributed by atoms with Crippen LogP contribution in [-0.2, 0) is 6.54 Å². The molecule has 0 radical (unpaired) electrons. The van der Waals surface area contributed by atoms with Crippen molar-refractivity contribution in [3.05, 3.63) is 34.3 Å². The van der Waals surface area contributed by atoms with Gasteiger partial charge in [0.2, 0.25) is 0 Å². The molecule has 3 heteroatoms. The predicted molar refractivity (Wildman–Crippen MR) is 71.9 cm³/mol. The van der Waals surface area contributed by atoms with E-state index in [2.05, 4.69) is 32.2 Å². The number of rotatable bonds is 4. The van der Waals surface area contributed by atoms with Gasteiger partial charge in [0.1, 0.15) is 0 Å². The molecule has 92 valence electrons. The maximum Gasteiger partial charge on any atom is 0.0992 e. The van der Waals surface area contributed by atoms with Crippen LogP contribution in [0.5, 0.6) is 0 Å². The summed E-state index contributed by atoms with van der Waals surface area (Å²) in [6, 6.07) is 7.49. The Labute approximate surface area is 109 Å². The van der Waals surface area contributed by atoms with Crippen molar-refractivity contribution in [1.29, 1.82) is 5.26 Å². The van der Waals surface area contributed by atoms with Crippen LogP contribution < -0.4 is 5.32 Å². The SMILES string of the molecule is CC(C)(C)CCNCc1ccc(C#N)cc1Cl. The molecule has 1 aromatic carbocycles. The van der Waals surface area contributed by atoms with Gasteiger partial charge in [0.05, 0.1) is 11.6 Å². The lowest BCUT2D eigenvalue weighted by Crippen LogP contribution is -2.20. The van der Waals surface area contributed by atoms with Crippen LogP contribution in [0.15, 0.2) is 18.2 Å². The Bertz CT molecular complexity index is 413. The Morgan fingerprint density at radius 2 is 2.06 bits per heavy atom. The average molecular weight is 251 g/mol. The molecule has 0 aromatic heterocycles. The molecule has 0 aliphatic carbocycles. The molecule has 0 aliphatic heterocycles. The molecular weight excluding hydrogens is 232 g/mol. The highest BCUT2D eigenvalue weighted by atomic mass is 35.5. The minimum absolute atomic E-state index is 0.349. The van der Waals surface area contributed by atoms with Gasteiger partial charge in [0.25, 0.3) is 0 Å². The molecule has 0 saturated carbocycles. The van der Waals surface area contributed by atoms with E-state index in [0.29, 0.717) is 16.0 Å². The van der Waals surface area contributed by atoms with Crippen molar-refractivity contribution in [2.45, 2.75) is 33.7 Å². The fourth-order valence-electron chi connectivity index (χ4n) is 1.45. The third-order valence-corrected chi connectivity index (χ3v) is 2.90. The fourth-order valence-corrected chi connectivity index (χ4v) is 1.69. The van der Waals surface area contributed by atoms with Crippen molar-refractivity contribution in [3.63, 3.8) is 0 Å². The maximum atomic E-state index is 8.73. The van der Waals surface area contributed by atoms with Crippen molar-refractivity contribution in [3.8, 4) is 6.07 Å². The van der Waals surface area contributed by atoms with E-state index in [0.717, 1.165) is 25.1 Å².